The molecule has 0 aliphatic carbocycles. The van der Waals surface area contributed by atoms with Gasteiger partial charge in [-0.15, -0.1) is 0 Å². The first-order valence-corrected chi connectivity index (χ1v) is 8.67. The molecule has 14 heteroatoms. The molecule has 5 N–H and O–H groups in total. The van der Waals surface area contributed by atoms with Gasteiger partial charge in [-0.05, 0) is 6.07 Å². The lowest BCUT2D eigenvalue weighted by Gasteiger charge is -2.34. The van der Waals surface area contributed by atoms with Crippen molar-refractivity contribution in [3.8, 4) is 0 Å². The van der Waals surface area contributed by atoms with Crippen LogP contribution in [0.15, 0.2) is 43.5 Å². The molecule has 0 amide bonds. The molecule has 0 fully saturated rings. The van der Waals surface area contributed by atoms with E-state index in [1.165, 1.54) is 34.7 Å². The maximum absolute atomic E-state index is 14.5. The zero-order valence-electron chi connectivity index (χ0n) is 13.8. The van der Waals surface area contributed by atoms with Crippen LogP contribution in [0.1, 0.15) is 5.56 Å². The van der Waals surface area contributed by atoms with Gasteiger partial charge in [0, 0.05) is 11.6 Å². The summed E-state index contributed by atoms with van der Waals surface area (Å²) in [4.78, 5) is 26.3. The molecule has 0 radical (unpaired) electrons. The van der Waals surface area contributed by atoms with E-state index < -0.39 is 25.1 Å². The molecule has 0 bridgehead atoms. The maximum Gasteiger partial charge on any atom is 0.470 e. The van der Waals surface area contributed by atoms with Gasteiger partial charge in [0.2, 0.25) is 0 Å². The van der Waals surface area contributed by atoms with Crippen molar-refractivity contribution < 1.29 is 27.7 Å². The van der Waals surface area contributed by atoms with Crippen molar-refractivity contribution in [3.05, 3.63) is 60.7 Å². The summed E-state index contributed by atoms with van der Waals surface area (Å²) in [5.41, 5.74) is -2.26. The molecule has 0 aliphatic rings. The van der Waals surface area contributed by atoms with Gasteiger partial charge in [-0.1, -0.05) is 6.07 Å². The fourth-order valence-corrected chi connectivity index (χ4v) is 3.24. The molecule has 0 spiro atoms. The van der Waals surface area contributed by atoms with Gasteiger partial charge < -0.3 is 15.9 Å². The number of phosphoric ester groups is 1. The van der Waals surface area contributed by atoms with Crippen molar-refractivity contribution in [1.82, 2.24) is 35.7 Å². The highest BCUT2D eigenvalue weighted by Gasteiger charge is 2.43. The quantitative estimate of drug-likeness (QED) is 0.489. The Morgan fingerprint density at radius 2 is 1.63 bits per heavy atom. The lowest BCUT2D eigenvalue weighted by Crippen LogP contribution is -2.40. The molecule has 146 valence electrons. The van der Waals surface area contributed by atoms with Gasteiger partial charge in [-0.2, -0.15) is 10.2 Å². The van der Waals surface area contributed by atoms with Crippen LogP contribution in [-0.2, 0) is 27.8 Å². The summed E-state index contributed by atoms with van der Waals surface area (Å²) in [6.07, 6.45) is 4.92. The molecule has 1 aromatic carbocycles. The summed E-state index contributed by atoms with van der Waals surface area (Å²) in [6.45, 7) is -0.666. The standard InChI is InChI=1S/C13H13F2N6O4P.H3N/c14-10-1-2-11(12(15)3-10)13(25-26(22,23)24,4-20-8-16-6-18-20)5-21-9-17-7-19-21;/h1-3,6-9H,4-5H2,(H2,22,23,24);1H3. The van der Waals surface area contributed by atoms with Crippen LogP contribution >= 0.6 is 7.82 Å². The van der Waals surface area contributed by atoms with E-state index >= 15 is 0 Å². The zero-order chi connectivity index (χ0) is 18.8. The molecular formula is C13H16F2N7O4P. The molecule has 0 aliphatic heterocycles. The van der Waals surface area contributed by atoms with Crippen molar-refractivity contribution in [2.45, 2.75) is 18.7 Å². The number of nitrogens with zero attached hydrogens (tertiary/aromatic N) is 6. The molecule has 11 nitrogen and oxygen atoms in total. The minimum absolute atomic E-state index is 0. The third-order valence-corrected chi connectivity index (χ3v) is 4.07. The van der Waals surface area contributed by atoms with Crippen LogP contribution in [0.2, 0.25) is 0 Å². The molecule has 0 atom stereocenters. The van der Waals surface area contributed by atoms with E-state index in [0.29, 0.717) is 6.07 Å². The van der Waals surface area contributed by atoms with E-state index in [-0.39, 0.29) is 24.8 Å². The molecule has 2 aromatic heterocycles. The number of halogens is 2. The van der Waals surface area contributed by atoms with Crippen molar-refractivity contribution in [3.63, 3.8) is 0 Å². The fourth-order valence-electron chi connectivity index (χ4n) is 2.57. The predicted molar refractivity (Wildman–Crippen MR) is 86.2 cm³/mol. The Labute approximate surface area is 151 Å². The Bertz CT molecular complexity index is 881. The fraction of sp³-hybridized carbons (Fsp3) is 0.231. The number of benzene rings is 1. The Kier molecular flexibility index (Phi) is 6.13. The van der Waals surface area contributed by atoms with E-state index in [9.17, 15) is 23.1 Å². The van der Waals surface area contributed by atoms with Crippen LogP contribution < -0.4 is 6.15 Å². The summed E-state index contributed by atoms with van der Waals surface area (Å²) in [5, 5.41) is 7.73. The second-order valence-corrected chi connectivity index (χ2v) is 6.55. The molecule has 0 saturated carbocycles. The number of phosphoric acid groups is 1. The molecule has 0 unspecified atom stereocenters. The summed E-state index contributed by atoms with van der Waals surface area (Å²) in [6, 6.07) is 2.60. The predicted octanol–water partition coefficient (Wildman–Crippen LogP) is 1.01. The summed E-state index contributed by atoms with van der Waals surface area (Å²) >= 11 is 0. The first-order chi connectivity index (χ1) is 12.3. The van der Waals surface area contributed by atoms with Crippen LogP contribution in [0.3, 0.4) is 0 Å². The third-order valence-electron chi connectivity index (χ3n) is 3.48. The third kappa shape index (κ3) is 4.99. The Morgan fingerprint density at radius 1 is 1.07 bits per heavy atom. The zero-order valence-corrected chi connectivity index (χ0v) is 14.7. The SMILES string of the molecule is N.O=P(O)(O)OC(Cn1cncn1)(Cn1cncn1)c1ccc(F)cc1F. The van der Waals surface area contributed by atoms with Gasteiger partial charge >= 0.3 is 7.82 Å². The van der Waals surface area contributed by atoms with Gasteiger partial charge in [-0.3, -0.25) is 4.52 Å². The molecule has 0 saturated heterocycles. The lowest BCUT2D eigenvalue weighted by molar-refractivity contribution is -0.00825. The monoisotopic (exact) mass is 403 g/mol. The first-order valence-electron chi connectivity index (χ1n) is 7.14. The van der Waals surface area contributed by atoms with Crippen molar-refractivity contribution in [2.24, 2.45) is 0 Å². The van der Waals surface area contributed by atoms with E-state index in [4.69, 9.17) is 4.52 Å². The highest BCUT2D eigenvalue weighted by molar-refractivity contribution is 7.46. The highest BCUT2D eigenvalue weighted by atomic mass is 31.2. The Hall–Kier alpha value is -2.57. The van der Waals surface area contributed by atoms with Crippen LogP contribution in [-0.4, -0.2) is 39.3 Å². The van der Waals surface area contributed by atoms with Crippen LogP contribution in [0.25, 0.3) is 0 Å². The van der Waals surface area contributed by atoms with Crippen molar-refractivity contribution in [2.75, 3.05) is 0 Å². The van der Waals surface area contributed by atoms with Gasteiger partial charge in [0.25, 0.3) is 0 Å². The Balaban J connectivity index is 0.00000261. The minimum Gasteiger partial charge on any atom is -0.344 e. The molecule has 3 rings (SSSR count). The molecule has 3 aromatic rings. The lowest BCUT2D eigenvalue weighted by atomic mass is 9.93. The molecule has 27 heavy (non-hydrogen) atoms. The average Bonchev–Trinajstić information content (AvgIpc) is 3.19. The normalized spacial score (nSPS) is 12.0. The molecular weight excluding hydrogens is 387 g/mol. The van der Waals surface area contributed by atoms with Gasteiger partial charge in [0.15, 0.2) is 0 Å². The second-order valence-electron chi connectivity index (χ2n) is 5.39. The van der Waals surface area contributed by atoms with E-state index in [1.54, 1.807) is 0 Å². The number of hydrogen-bond donors (Lipinski definition) is 3. The minimum atomic E-state index is -5.10. The Morgan fingerprint density at radius 3 is 2.04 bits per heavy atom. The summed E-state index contributed by atoms with van der Waals surface area (Å²) < 4.78 is 46.9. The second kappa shape index (κ2) is 7.98. The van der Waals surface area contributed by atoms with Crippen LogP contribution in [0.4, 0.5) is 8.78 Å². The van der Waals surface area contributed by atoms with E-state index in [1.807, 2.05) is 0 Å². The van der Waals surface area contributed by atoms with Crippen molar-refractivity contribution in [1.29, 1.82) is 0 Å². The smallest absolute Gasteiger partial charge is 0.344 e. The summed E-state index contributed by atoms with van der Waals surface area (Å²) in [7, 11) is -5.10. The van der Waals surface area contributed by atoms with Crippen LogP contribution in [0.5, 0.6) is 0 Å². The van der Waals surface area contributed by atoms with Crippen molar-refractivity contribution >= 4 is 7.82 Å². The number of hydrogen-bond acceptors (Lipinski definition) is 7. The van der Waals surface area contributed by atoms with E-state index in [0.717, 1.165) is 12.1 Å². The largest absolute Gasteiger partial charge is 0.470 e. The van der Waals surface area contributed by atoms with E-state index in [2.05, 4.69) is 20.2 Å². The number of aromatic nitrogens is 6. The van der Waals surface area contributed by atoms with Gasteiger partial charge in [0.05, 0.1) is 13.1 Å². The summed E-state index contributed by atoms with van der Waals surface area (Å²) in [5.74, 6) is -1.89. The maximum atomic E-state index is 14.5. The number of rotatable bonds is 7. The first kappa shape index (κ1) is 20.7. The average molecular weight is 403 g/mol. The van der Waals surface area contributed by atoms with Crippen LogP contribution in [0, 0.1) is 11.6 Å². The highest BCUT2D eigenvalue weighted by Crippen LogP contribution is 2.47. The van der Waals surface area contributed by atoms with Gasteiger partial charge in [-0.25, -0.2) is 32.7 Å². The van der Waals surface area contributed by atoms with Gasteiger partial charge in [0.1, 0.15) is 42.5 Å². The topological polar surface area (TPSA) is 163 Å². The molecule has 2 heterocycles.